The number of guanidine groups is 1. The quantitative estimate of drug-likeness (QED) is 0.233. The standard InChI is InChI=1S/C21H34N6S.HI/c1-4-22-20(24-16-21(2,3)17-10-9-15-28-17)23-13-8-12-19-26-25-18-11-6-5-7-14-27(18)19;/h9-10,15H,4-8,11-14,16H2,1-3H3,(H2,22,23,24);1H. The van der Waals surface area contributed by atoms with Gasteiger partial charge in [-0.3, -0.25) is 4.99 Å². The lowest BCUT2D eigenvalue weighted by atomic mass is 9.92. The summed E-state index contributed by atoms with van der Waals surface area (Å²) in [6.45, 7) is 10.2. The van der Waals surface area contributed by atoms with E-state index in [0.29, 0.717) is 0 Å². The molecule has 29 heavy (non-hydrogen) atoms. The fourth-order valence-electron chi connectivity index (χ4n) is 3.54. The van der Waals surface area contributed by atoms with Crippen molar-refractivity contribution in [3.8, 4) is 0 Å². The molecule has 1 aliphatic heterocycles. The fraction of sp³-hybridized carbons (Fsp3) is 0.667. The van der Waals surface area contributed by atoms with Gasteiger partial charge in [0.05, 0.1) is 6.54 Å². The van der Waals surface area contributed by atoms with Gasteiger partial charge in [-0.2, -0.15) is 0 Å². The van der Waals surface area contributed by atoms with E-state index in [1.807, 2.05) is 0 Å². The maximum atomic E-state index is 4.83. The van der Waals surface area contributed by atoms with Gasteiger partial charge in [0.25, 0.3) is 0 Å². The molecule has 0 bridgehead atoms. The van der Waals surface area contributed by atoms with Gasteiger partial charge < -0.3 is 15.2 Å². The van der Waals surface area contributed by atoms with Crippen LogP contribution in [0.25, 0.3) is 0 Å². The average molecular weight is 531 g/mol. The number of rotatable bonds is 8. The van der Waals surface area contributed by atoms with Gasteiger partial charge in [0.2, 0.25) is 0 Å². The number of thiophene rings is 1. The summed E-state index contributed by atoms with van der Waals surface area (Å²) in [5.41, 5.74) is 0.0512. The number of hydrogen-bond donors (Lipinski definition) is 2. The Labute approximate surface area is 196 Å². The molecular weight excluding hydrogens is 495 g/mol. The molecule has 2 aromatic heterocycles. The largest absolute Gasteiger partial charge is 0.357 e. The van der Waals surface area contributed by atoms with Crippen LogP contribution < -0.4 is 10.6 Å². The number of halogens is 1. The molecule has 6 nitrogen and oxygen atoms in total. The Morgan fingerprint density at radius 1 is 1.24 bits per heavy atom. The molecule has 1 aliphatic rings. The van der Waals surface area contributed by atoms with Crippen molar-refractivity contribution in [3.05, 3.63) is 34.0 Å². The summed E-state index contributed by atoms with van der Waals surface area (Å²) in [7, 11) is 0. The van der Waals surface area contributed by atoms with Crippen LogP contribution >= 0.6 is 35.3 Å². The predicted molar refractivity (Wildman–Crippen MR) is 133 cm³/mol. The normalized spacial score (nSPS) is 14.7. The van der Waals surface area contributed by atoms with E-state index in [4.69, 9.17) is 4.99 Å². The van der Waals surface area contributed by atoms with Crippen molar-refractivity contribution < 1.29 is 0 Å². The molecule has 0 saturated heterocycles. The molecule has 0 aromatic carbocycles. The zero-order valence-electron chi connectivity index (χ0n) is 17.9. The number of nitrogens with zero attached hydrogens (tertiary/aromatic N) is 4. The van der Waals surface area contributed by atoms with Crippen LogP contribution in [0.15, 0.2) is 22.5 Å². The predicted octanol–water partition coefficient (Wildman–Crippen LogP) is 4.15. The van der Waals surface area contributed by atoms with Crippen molar-refractivity contribution in [3.63, 3.8) is 0 Å². The highest BCUT2D eigenvalue weighted by Crippen LogP contribution is 2.27. The van der Waals surface area contributed by atoms with E-state index in [9.17, 15) is 0 Å². The second-order valence-electron chi connectivity index (χ2n) is 8.08. The monoisotopic (exact) mass is 530 g/mol. The molecule has 2 N–H and O–H groups in total. The Morgan fingerprint density at radius 2 is 2.10 bits per heavy atom. The first-order valence-electron chi connectivity index (χ1n) is 10.6. The minimum Gasteiger partial charge on any atom is -0.357 e. The molecule has 162 valence electrons. The Balaban J connectivity index is 0.00000300. The van der Waals surface area contributed by atoms with Crippen LogP contribution in [0.2, 0.25) is 0 Å². The average Bonchev–Trinajstić information content (AvgIpc) is 3.29. The SMILES string of the molecule is CCNC(=NCC(C)(C)c1cccs1)NCCCc1nnc2n1CCCCC2.I. The molecule has 0 fully saturated rings. The summed E-state index contributed by atoms with van der Waals surface area (Å²) in [6.07, 6.45) is 6.84. The second-order valence-corrected chi connectivity index (χ2v) is 9.03. The maximum Gasteiger partial charge on any atom is 0.191 e. The van der Waals surface area contributed by atoms with E-state index in [1.165, 1.54) is 30.0 Å². The zero-order chi connectivity index (χ0) is 19.8. The number of aliphatic imine (C=N–C) groups is 1. The topological polar surface area (TPSA) is 67.1 Å². The highest BCUT2D eigenvalue weighted by Gasteiger charge is 2.21. The van der Waals surface area contributed by atoms with Crippen molar-refractivity contribution in [1.82, 2.24) is 25.4 Å². The van der Waals surface area contributed by atoms with Gasteiger partial charge in [0.1, 0.15) is 11.6 Å². The minimum absolute atomic E-state index is 0. The van der Waals surface area contributed by atoms with Crippen LogP contribution in [0.3, 0.4) is 0 Å². The highest BCUT2D eigenvalue weighted by atomic mass is 127. The molecule has 0 saturated carbocycles. The van der Waals surface area contributed by atoms with Crippen LogP contribution in [0.1, 0.15) is 63.0 Å². The summed E-state index contributed by atoms with van der Waals surface area (Å²) < 4.78 is 2.34. The smallest absolute Gasteiger partial charge is 0.191 e. The van der Waals surface area contributed by atoms with Gasteiger partial charge in [0.15, 0.2) is 5.96 Å². The highest BCUT2D eigenvalue weighted by molar-refractivity contribution is 14.0. The molecule has 3 heterocycles. The van der Waals surface area contributed by atoms with Crippen LogP contribution in [0.5, 0.6) is 0 Å². The second kappa shape index (κ2) is 11.9. The van der Waals surface area contributed by atoms with Gasteiger partial charge in [-0.05, 0) is 37.6 Å². The van der Waals surface area contributed by atoms with Crippen molar-refractivity contribution in [2.24, 2.45) is 4.99 Å². The molecule has 0 radical (unpaired) electrons. The van der Waals surface area contributed by atoms with E-state index < -0.39 is 0 Å². The summed E-state index contributed by atoms with van der Waals surface area (Å²) in [5.74, 6) is 3.21. The minimum atomic E-state index is 0. The van der Waals surface area contributed by atoms with Gasteiger partial charge in [-0.1, -0.05) is 26.3 Å². The Bertz CT molecular complexity index is 753. The summed E-state index contributed by atoms with van der Waals surface area (Å²) >= 11 is 1.80. The van der Waals surface area contributed by atoms with Gasteiger partial charge in [-0.15, -0.1) is 45.5 Å². The number of aromatic nitrogens is 3. The third-order valence-electron chi connectivity index (χ3n) is 5.22. The molecule has 0 unspecified atom stereocenters. The third kappa shape index (κ3) is 6.94. The Hall–Kier alpha value is -1.16. The molecule has 0 aliphatic carbocycles. The van der Waals surface area contributed by atoms with Crippen molar-refractivity contribution >= 4 is 41.3 Å². The van der Waals surface area contributed by atoms with Gasteiger partial charge in [-0.25, -0.2) is 0 Å². The summed E-state index contributed by atoms with van der Waals surface area (Å²) in [6, 6.07) is 4.31. The van der Waals surface area contributed by atoms with E-state index in [1.54, 1.807) is 11.3 Å². The Morgan fingerprint density at radius 3 is 2.86 bits per heavy atom. The summed E-state index contributed by atoms with van der Waals surface area (Å²) in [4.78, 5) is 6.20. The lowest BCUT2D eigenvalue weighted by Crippen LogP contribution is -2.39. The third-order valence-corrected chi connectivity index (χ3v) is 6.46. The van der Waals surface area contributed by atoms with Crippen molar-refractivity contribution in [2.75, 3.05) is 19.6 Å². The lowest BCUT2D eigenvalue weighted by Gasteiger charge is -2.21. The maximum absolute atomic E-state index is 4.83. The molecule has 0 spiro atoms. The molecule has 8 heteroatoms. The number of hydrogen-bond acceptors (Lipinski definition) is 4. The van der Waals surface area contributed by atoms with Crippen LogP contribution in [-0.4, -0.2) is 40.4 Å². The first kappa shape index (κ1) is 24.1. The lowest BCUT2D eigenvalue weighted by molar-refractivity contribution is 0.548. The summed E-state index contributed by atoms with van der Waals surface area (Å²) in [5, 5.41) is 17.8. The molecule has 0 atom stereocenters. The van der Waals surface area contributed by atoms with E-state index in [-0.39, 0.29) is 29.4 Å². The van der Waals surface area contributed by atoms with Crippen molar-refractivity contribution in [2.45, 2.75) is 71.3 Å². The van der Waals surface area contributed by atoms with Gasteiger partial charge >= 0.3 is 0 Å². The van der Waals surface area contributed by atoms with E-state index in [2.05, 4.69) is 63.7 Å². The molecular formula is C21H35IN6S. The molecule has 2 aromatic rings. The van der Waals surface area contributed by atoms with Crippen LogP contribution in [0, 0.1) is 0 Å². The number of aryl methyl sites for hydroxylation is 2. The van der Waals surface area contributed by atoms with Crippen LogP contribution in [0.4, 0.5) is 0 Å². The zero-order valence-corrected chi connectivity index (χ0v) is 21.1. The number of fused-ring (bicyclic) bond motifs is 1. The Kier molecular flexibility index (Phi) is 9.88. The van der Waals surface area contributed by atoms with Crippen molar-refractivity contribution in [1.29, 1.82) is 0 Å². The first-order chi connectivity index (χ1) is 13.6. The molecule has 3 rings (SSSR count). The molecule has 0 amide bonds. The fourth-order valence-corrected chi connectivity index (χ4v) is 4.39. The van der Waals surface area contributed by atoms with E-state index >= 15 is 0 Å². The first-order valence-corrected chi connectivity index (χ1v) is 11.5. The van der Waals surface area contributed by atoms with Gasteiger partial charge in [0, 0.05) is 42.8 Å². The number of nitrogens with one attached hydrogen (secondary N) is 2. The van der Waals surface area contributed by atoms with Crippen LogP contribution in [-0.2, 0) is 24.8 Å². The van der Waals surface area contributed by atoms with E-state index in [0.717, 1.165) is 57.2 Å².